The summed E-state index contributed by atoms with van der Waals surface area (Å²) in [5.74, 6) is -1.42. The molecule has 36 heavy (non-hydrogen) atoms. The number of ether oxygens (including phenoxy) is 2. The van der Waals surface area contributed by atoms with Gasteiger partial charge in [0.15, 0.2) is 17.7 Å². The Morgan fingerprint density at radius 2 is 1.86 bits per heavy atom. The lowest BCUT2D eigenvalue weighted by Gasteiger charge is -2.20. The number of rotatable bonds is 15. The van der Waals surface area contributed by atoms with Crippen molar-refractivity contribution in [3.63, 3.8) is 0 Å². The molecule has 0 aliphatic rings. The minimum atomic E-state index is -2.70. The second-order valence-electron chi connectivity index (χ2n) is 7.98. The van der Waals surface area contributed by atoms with Crippen LogP contribution in [-0.2, 0) is 17.8 Å². The van der Waals surface area contributed by atoms with Crippen LogP contribution in [0.15, 0.2) is 30.3 Å². The van der Waals surface area contributed by atoms with Crippen molar-refractivity contribution in [1.82, 2.24) is 4.90 Å². The van der Waals surface area contributed by atoms with E-state index < -0.39 is 44.2 Å². The van der Waals surface area contributed by atoms with E-state index in [0.717, 1.165) is 6.07 Å². The fourth-order valence-electron chi connectivity index (χ4n) is 3.23. The van der Waals surface area contributed by atoms with Gasteiger partial charge < -0.3 is 29.4 Å². The summed E-state index contributed by atoms with van der Waals surface area (Å²) < 4.78 is 80.8. The van der Waals surface area contributed by atoms with Crippen LogP contribution in [0.5, 0.6) is 17.2 Å². The molecular formula is C23H27BF5N2O5. The van der Waals surface area contributed by atoms with E-state index in [1.807, 2.05) is 0 Å². The van der Waals surface area contributed by atoms with Crippen molar-refractivity contribution in [1.29, 1.82) is 0 Å². The third-order valence-corrected chi connectivity index (χ3v) is 4.73. The second kappa shape index (κ2) is 14.5. The van der Waals surface area contributed by atoms with Gasteiger partial charge in [-0.25, -0.2) is 22.0 Å². The topological polar surface area (TPSA) is 80.3 Å². The zero-order valence-corrected chi connectivity index (χ0v) is 19.8. The van der Waals surface area contributed by atoms with Gasteiger partial charge in [-0.05, 0) is 50.3 Å². The number of carbonyl (C=O) groups is 1. The average Bonchev–Trinajstić information content (AvgIpc) is 2.81. The quantitative estimate of drug-likeness (QED) is 0.277. The number of benzene rings is 2. The number of aryl methyl sites for hydroxylation is 1. The fourth-order valence-corrected chi connectivity index (χ4v) is 3.23. The van der Waals surface area contributed by atoms with Gasteiger partial charge in [0.1, 0.15) is 31.5 Å². The van der Waals surface area contributed by atoms with Crippen molar-refractivity contribution in [3.8, 4) is 17.2 Å². The number of amides is 1. The predicted molar refractivity (Wildman–Crippen MR) is 124 cm³/mol. The minimum Gasteiger partial charge on any atom is -0.537 e. The summed E-state index contributed by atoms with van der Waals surface area (Å²) in [6.07, 6.45) is -4.24. The molecule has 0 aliphatic carbocycles. The van der Waals surface area contributed by atoms with Crippen molar-refractivity contribution in [2.75, 3.05) is 39.4 Å². The third kappa shape index (κ3) is 9.19. The zero-order chi connectivity index (χ0) is 26.7. The summed E-state index contributed by atoms with van der Waals surface area (Å²) in [6.45, 7) is -2.96. The van der Waals surface area contributed by atoms with Gasteiger partial charge in [0.25, 0.3) is 6.43 Å². The minimum absolute atomic E-state index is 0.0515. The summed E-state index contributed by atoms with van der Waals surface area (Å²) in [6, 6.07) is 6.60. The van der Waals surface area contributed by atoms with Crippen LogP contribution in [0, 0.1) is 5.82 Å². The fraction of sp³-hybridized carbons (Fsp3) is 0.435. The van der Waals surface area contributed by atoms with Crippen molar-refractivity contribution in [2.24, 2.45) is 0 Å². The molecule has 0 aromatic heterocycles. The van der Waals surface area contributed by atoms with Gasteiger partial charge in [-0.15, -0.1) is 0 Å². The first-order valence-corrected chi connectivity index (χ1v) is 10.9. The second-order valence-corrected chi connectivity index (χ2v) is 7.98. The van der Waals surface area contributed by atoms with E-state index in [0.29, 0.717) is 13.2 Å². The monoisotopic (exact) mass is 517 g/mol. The van der Waals surface area contributed by atoms with Gasteiger partial charge in [0.2, 0.25) is 5.91 Å². The van der Waals surface area contributed by atoms with Crippen LogP contribution in [0.1, 0.15) is 17.5 Å². The molecule has 7 nitrogen and oxygen atoms in total. The number of hydrogen-bond donors (Lipinski definition) is 2. The first kappa shape index (κ1) is 29.2. The molecule has 0 aliphatic heterocycles. The molecular weight excluding hydrogens is 490 g/mol. The van der Waals surface area contributed by atoms with Crippen LogP contribution in [0.25, 0.3) is 0 Å². The summed E-state index contributed by atoms with van der Waals surface area (Å²) >= 11 is 0. The third-order valence-electron chi connectivity index (χ3n) is 4.73. The van der Waals surface area contributed by atoms with E-state index in [9.17, 15) is 26.7 Å². The van der Waals surface area contributed by atoms with Crippen molar-refractivity contribution in [3.05, 3.63) is 47.3 Å². The lowest BCUT2D eigenvalue weighted by Crippen LogP contribution is -2.23. The molecule has 2 aromatic rings. The Hall–Kier alpha value is -3.06. The first-order valence-electron chi connectivity index (χ1n) is 10.9. The molecule has 2 N–H and O–H groups in total. The Kier molecular flexibility index (Phi) is 11.7. The van der Waals surface area contributed by atoms with E-state index in [1.165, 1.54) is 24.3 Å². The molecule has 13 heteroatoms. The number of alkyl halides is 4. The molecule has 0 heterocycles. The van der Waals surface area contributed by atoms with E-state index in [4.69, 9.17) is 19.2 Å². The van der Waals surface area contributed by atoms with Gasteiger partial charge >= 0.3 is 7.69 Å². The molecule has 0 bridgehead atoms. The molecule has 0 saturated carbocycles. The highest BCUT2D eigenvalue weighted by Crippen LogP contribution is 2.30. The number of nitrogens with zero attached hydrogens (tertiary/aromatic N) is 1. The Balaban J connectivity index is 2.17. The van der Waals surface area contributed by atoms with Crippen molar-refractivity contribution >= 4 is 19.3 Å². The summed E-state index contributed by atoms with van der Waals surface area (Å²) in [5.41, 5.74) is 0.742. The van der Waals surface area contributed by atoms with Gasteiger partial charge in [-0.3, -0.25) is 4.79 Å². The predicted octanol–water partition coefficient (Wildman–Crippen LogP) is 3.69. The lowest BCUT2D eigenvalue weighted by atomic mass is 10.1. The number of nitrogens with one attached hydrogen (secondary N) is 1. The molecule has 1 amide bonds. The Morgan fingerprint density at radius 3 is 2.47 bits per heavy atom. The highest BCUT2D eigenvalue weighted by Gasteiger charge is 2.19. The molecule has 0 fully saturated rings. The molecule has 0 saturated heterocycles. The lowest BCUT2D eigenvalue weighted by molar-refractivity contribution is -0.116. The summed E-state index contributed by atoms with van der Waals surface area (Å²) in [4.78, 5) is 14.2. The van der Waals surface area contributed by atoms with Crippen molar-refractivity contribution in [2.45, 2.75) is 31.9 Å². The standard InChI is InChI=1S/C23H27BF5N2O5/c1-31(2)12-15-7-16(9-19(27)23(15)35-18(10-25)11-26)30-22(32)6-3-14-8-17(36-24-33)4-5-20(14)34-13-21(28)29/h4-5,7-9,18,21,33H,3,6,10-13H2,1-2H3,(H,30,32). The largest absolute Gasteiger partial charge is 0.569 e. The molecule has 197 valence electrons. The smallest absolute Gasteiger partial charge is 0.537 e. The maximum atomic E-state index is 14.8. The summed E-state index contributed by atoms with van der Waals surface area (Å²) in [7, 11) is 3.85. The maximum absolute atomic E-state index is 14.8. The molecule has 2 aromatic carbocycles. The number of halogens is 5. The Bertz CT molecular complexity index is 996. The van der Waals surface area contributed by atoms with Crippen LogP contribution < -0.4 is 19.4 Å². The van der Waals surface area contributed by atoms with Crippen LogP contribution in [-0.4, -0.2) is 70.1 Å². The molecule has 0 spiro atoms. The highest BCUT2D eigenvalue weighted by atomic mass is 19.3. The average molecular weight is 517 g/mol. The Morgan fingerprint density at radius 1 is 1.14 bits per heavy atom. The van der Waals surface area contributed by atoms with E-state index in [1.54, 1.807) is 19.0 Å². The van der Waals surface area contributed by atoms with Gasteiger partial charge in [-0.1, -0.05) is 0 Å². The Labute approximate surface area is 206 Å². The molecule has 1 radical (unpaired) electrons. The highest BCUT2D eigenvalue weighted by molar-refractivity contribution is 6.17. The zero-order valence-electron chi connectivity index (χ0n) is 19.8. The normalized spacial score (nSPS) is 11.2. The van der Waals surface area contributed by atoms with Crippen LogP contribution in [0.3, 0.4) is 0 Å². The van der Waals surface area contributed by atoms with Crippen LogP contribution in [0.4, 0.5) is 27.6 Å². The van der Waals surface area contributed by atoms with E-state index in [2.05, 4.69) is 5.32 Å². The van der Waals surface area contributed by atoms with Gasteiger partial charge in [-0.2, -0.15) is 0 Å². The SMILES string of the molecule is CN(C)Cc1cc(NC(=O)CCc2cc(O[B]O)ccc2OCC(F)F)cc(F)c1OC(CF)CF. The first-order chi connectivity index (χ1) is 17.2. The van der Waals surface area contributed by atoms with Crippen molar-refractivity contribution < 1.29 is 45.9 Å². The molecule has 0 unspecified atom stereocenters. The van der Waals surface area contributed by atoms with Crippen LogP contribution in [0.2, 0.25) is 0 Å². The molecule has 0 atom stereocenters. The summed E-state index contributed by atoms with van der Waals surface area (Å²) in [5, 5.41) is 11.4. The number of carbonyl (C=O) groups excluding carboxylic acids is 1. The number of anilines is 1. The van der Waals surface area contributed by atoms with E-state index in [-0.39, 0.29) is 47.9 Å². The van der Waals surface area contributed by atoms with Gasteiger partial charge in [0.05, 0.1) is 0 Å². The molecule has 2 rings (SSSR count). The maximum Gasteiger partial charge on any atom is 0.569 e. The number of hydrogen-bond acceptors (Lipinski definition) is 6. The van der Waals surface area contributed by atoms with E-state index >= 15 is 0 Å². The van der Waals surface area contributed by atoms with Crippen LogP contribution >= 0.6 is 0 Å². The van der Waals surface area contributed by atoms with Gasteiger partial charge in [0, 0.05) is 30.3 Å².